The zero-order chi connectivity index (χ0) is 9.26. The molecule has 0 bridgehead atoms. The van der Waals surface area contributed by atoms with E-state index in [0.29, 0.717) is 0 Å². The normalized spacial score (nSPS) is 42.5. The Balaban J connectivity index is 2.06. The Morgan fingerprint density at radius 3 is 3.15 bits per heavy atom. The van der Waals surface area contributed by atoms with Gasteiger partial charge >= 0.3 is 0 Å². The number of likely N-dealkylation sites (N-methyl/N-ethyl adjacent to an activating group) is 1. The van der Waals surface area contributed by atoms with Crippen LogP contribution < -0.4 is 5.32 Å². The van der Waals surface area contributed by atoms with Crippen LogP contribution in [0.3, 0.4) is 0 Å². The van der Waals surface area contributed by atoms with Crippen molar-refractivity contribution in [2.24, 2.45) is 5.92 Å². The molecule has 2 nitrogen and oxygen atoms in total. The lowest BCUT2D eigenvalue weighted by Crippen LogP contribution is -2.45. The highest BCUT2D eigenvalue weighted by Crippen LogP contribution is 2.28. The monoisotopic (exact) mass is 200 g/mol. The highest BCUT2D eigenvalue weighted by molar-refractivity contribution is 7.99. The summed E-state index contributed by atoms with van der Waals surface area (Å²) >= 11 is 2.13. The summed E-state index contributed by atoms with van der Waals surface area (Å²) in [6.07, 6.45) is 1.37. The lowest BCUT2D eigenvalue weighted by atomic mass is 9.92. The van der Waals surface area contributed by atoms with E-state index < -0.39 is 0 Å². The van der Waals surface area contributed by atoms with Gasteiger partial charge in [-0.15, -0.1) is 0 Å². The first-order valence-electron chi connectivity index (χ1n) is 5.30. The maximum Gasteiger partial charge on any atom is 0.0126 e. The third-order valence-corrected chi connectivity index (χ3v) is 4.73. The summed E-state index contributed by atoms with van der Waals surface area (Å²) < 4.78 is 0. The van der Waals surface area contributed by atoms with Crippen molar-refractivity contribution in [3.8, 4) is 0 Å². The molecule has 1 unspecified atom stereocenters. The molecule has 0 amide bonds. The molecule has 0 aromatic heterocycles. The first kappa shape index (κ1) is 9.81. The Morgan fingerprint density at radius 1 is 1.46 bits per heavy atom. The molecule has 76 valence electrons. The molecule has 2 aliphatic rings. The van der Waals surface area contributed by atoms with Gasteiger partial charge < -0.3 is 10.2 Å². The molecule has 13 heavy (non-hydrogen) atoms. The van der Waals surface area contributed by atoms with Gasteiger partial charge in [0.2, 0.25) is 0 Å². The number of hydrogen-bond acceptors (Lipinski definition) is 3. The number of rotatable bonds is 0. The van der Waals surface area contributed by atoms with Crippen molar-refractivity contribution in [3.63, 3.8) is 0 Å². The molecule has 0 spiro atoms. The number of fused-ring (bicyclic) bond motifs is 1. The summed E-state index contributed by atoms with van der Waals surface area (Å²) in [6, 6.07) is 1.55. The van der Waals surface area contributed by atoms with Gasteiger partial charge in [0, 0.05) is 25.2 Å². The highest BCUT2D eigenvalue weighted by atomic mass is 32.2. The van der Waals surface area contributed by atoms with E-state index >= 15 is 0 Å². The summed E-state index contributed by atoms with van der Waals surface area (Å²) in [5.74, 6) is 3.57. The second kappa shape index (κ2) is 4.20. The molecule has 2 heterocycles. The summed E-state index contributed by atoms with van der Waals surface area (Å²) in [4.78, 5) is 2.50. The van der Waals surface area contributed by atoms with Gasteiger partial charge in [0.15, 0.2) is 0 Å². The molecule has 1 N–H and O–H groups in total. The minimum atomic E-state index is 0.757. The molecule has 3 atom stereocenters. The van der Waals surface area contributed by atoms with Crippen LogP contribution in [-0.2, 0) is 0 Å². The smallest absolute Gasteiger partial charge is 0.0126 e. The fraction of sp³-hybridized carbons (Fsp3) is 1.00. The standard InChI is InChI=1S/C10H20N2S/c1-8-9-7-13-6-3-10(9)11-4-5-12(8)2/h8-11H,3-7H2,1-2H3/t8-,9-,10?/m0/s1. The van der Waals surface area contributed by atoms with Crippen molar-refractivity contribution in [1.29, 1.82) is 0 Å². The van der Waals surface area contributed by atoms with E-state index in [2.05, 4.69) is 35.9 Å². The number of nitrogens with one attached hydrogen (secondary N) is 1. The van der Waals surface area contributed by atoms with Gasteiger partial charge in [0.25, 0.3) is 0 Å². The van der Waals surface area contributed by atoms with Crippen LogP contribution in [0, 0.1) is 5.92 Å². The average Bonchev–Trinajstić information content (AvgIpc) is 2.29. The largest absolute Gasteiger partial charge is 0.312 e. The van der Waals surface area contributed by atoms with Crippen LogP contribution in [0.5, 0.6) is 0 Å². The van der Waals surface area contributed by atoms with Crippen molar-refractivity contribution in [1.82, 2.24) is 10.2 Å². The van der Waals surface area contributed by atoms with Crippen molar-refractivity contribution >= 4 is 11.8 Å². The second-order valence-corrected chi connectivity index (χ2v) is 5.46. The summed E-state index contributed by atoms with van der Waals surface area (Å²) in [5.41, 5.74) is 0. The van der Waals surface area contributed by atoms with E-state index in [-0.39, 0.29) is 0 Å². The lowest BCUT2D eigenvalue weighted by Gasteiger charge is -2.36. The van der Waals surface area contributed by atoms with Crippen molar-refractivity contribution in [3.05, 3.63) is 0 Å². The predicted molar refractivity (Wildman–Crippen MR) is 59.3 cm³/mol. The van der Waals surface area contributed by atoms with Crippen molar-refractivity contribution < 1.29 is 0 Å². The fourth-order valence-electron chi connectivity index (χ4n) is 2.45. The van der Waals surface area contributed by atoms with E-state index in [1.165, 1.54) is 31.0 Å². The maximum atomic E-state index is 3.69. The van der Waals surface area contributed by atoms with E-state index in [9.17, 15) is 0 Å². The third-order valence-electron chi connectivity index (χ3n) is 3.59. The lowest BCUT2D eigenvalue weighted by molar-refractivity contribution is 0.207. The fourth-order valence-corrected chi connectivity index (χ4v) is 3.82. The van der Waals surface area contributed by atoms with Gasteiger partial charge in [-0.1, -0.05) is 0 Å². The maximum absolute atomic E-state index is 3.69. The molecule has 3 heteroatoms. The van der Waals surface area contributed by atoms with Crippen LogP contribution >= 0.6 is 11.8 Å². The van der Waals surface area contributed by atoms with Gasteiger partial charge in [-0.05, 0) is 37.8 Å². The molecule has 0 aliphatic carbocycles. The molecule has 0 aromatic carbocycles. The topological polar surface area (TPSA) is 15.3 Å². The molecule has 2 saturated heterocycles. The van der Waals surface area contributed by atoms with Gasteiger partial charge in [0.05, 0.1) is 0 Å². The van der Waals surface area contributed by atoms with Crippen molar-refractivity contribution in [2.45, 2.75) is 25.4 Å². The van der Waals surface area contributed by atoms with E-state index in [1.54, 1.807) is 0 Å². The Kier molecular flexibility index (Phi) is 3.17. The second-order valence-electron chi connectivity index (χ2n) is 4.31. The zero-order valence-electron chi connectivity index (χ0n) is 8.62. The van der Waals surface area contributed by atoms with Crippen molar-refractivity contribution in [2.75, 3.05) is 31.6 Å². The van der Waals surface area contributed by atoms with Crippen LogP contribution in [-0.4, -0.2) is 48.6 Å². The van der Waals surface area contributed by atoms with Gasteiger partial charge in [-0.2, -0.15) is 11.8 Å². The molecule has 0 saturated carbocycles. The van der Waals surface area contributed by atoms with Crippen LogP contribution in [0.15, 0.2) is 0 Å². The Labute approximate surface area is 85.4 Å². The molecular weight excluding hydrogens is 180 g/mol. The van der Waals surface area contributed by atoms with E-state index in [0.717, 1.165) is 18.0 Å². The summed E-state index contributed by atoms with van der Waals surface area (Å²) in [7, 11) is 2.26. The Bertz CT molecular complexity index is 172. The number of nitrogens with zero attached hydrogens (tertiary/aromatic N) is 1. The summed E-state index contributed by atoms with van der Waals surface area (Å²) in [6.45, 7) is 4.77. The molecule has 2 aliphatic heterocycles. The molecular formula is C10H20N2S. The van der Waals surface area contributed by atoms with Gasteiger partial charge in [-0.3, -0.25) is 0 Å². The third kappa shape index (κ3) is 2.03. The molecule has 2 rings (SSSR count). The Morgan fingerprint density at radius 2 is 2.31 bits per heavy atom. The first-order chi connectivity index (χ1) is 6.29. The van der Waals surface area contributed by atoms with Crippen LogP contribution in [0.25, 0.3) is 0 Å². The Hall–Kier alpha value is 0.270. The zero-order valence-corrected chi connectivity index (χ0v) is 9.44. The predicted octanol–water partition coefficient (Wildman–Crippen LogP) is 1.03. The SMILES string of the molecule is C[C@H]1[C@@H]2CSCCC2NCCN1C. The number of hydrogen-bond donors (Lipinski definition) is 1. The van der Waals surface area contributed by atoms with Gasteiger partial charge in [0.1, 0.15) is 0 Å². The minimum Gasteiger partial charge on any atom is -0.312 e. The average molecular weight is 200 g/mol. The first-order valence-corrected chi connectivity index (χ1v) is 6.46. The van der Waals surface area contributed by atoms with Crippen LogP contribution in [0.2, 0.25) is 0 Å². The van der Waals surface area contributed by atoms with Crippen LogP contribution in [0.4, 0.5) is 0 Å². The highest BCUT2D eigenvalue weighted by Gasteiger charge is 2.33. The number of thioether (sulfide) groups is 1. The molecule has 0 aromatic rings. The molecule has 0 radical (unpaired) electrons. The van der Waals surface area contributed by atoms with Gasteiger partial charge in [-0.25, -0.2) is 0 Å². The van der Waals surface area contributed by atoms with E-state index in [1.807, 2.05) is 0 Å². The minimum absolute atomic E-state index is 0.757. The molecule has 2 fully saturated rings. The van der Waals surface area contributed by atoms with E-state index in [4.69, 9.17) is 0 Å². The van der Waals surface area contributed by atoms with Crippen LogP contribution in [0.1, 0.15) is 13.3 Å². The quantitative estimate of drug-likeness (QED) is 0.629. The summed E-state index contributed by atoms with van der Waals surface area (Å²) in [5, 5.41) is 3.69.